The molecule has 1 aromatic rings. The molecule has 1 saturated heterocycles. The van der Waals surface area contributed by atoms with E-state index in [9.17, 15) is 9.59 Å². The minimum absolute atomic E-state index is 0.102. The number of benzene rings is 1. The number of carbonyl (C=O) groups is 2. The third-order valence-electron chi connectivity index (χ3n) is 3.79. The molecule has 4 nitrogen and oxygen atoms in total. The van der Waals surface area contributed by atoms with Crippen molar-refractivity contribution in [2.45, 2.75) is 51.5 Å². The van der Waals surface area contributed by atoms with Crippen LogP contribution in [0, 0.1) is 0 Å². The van der Waals surface area contributed by atoms with Gasteiger partial charge in [0, 0.05) is 6.42 Å². The molecule has 0 bridgehead atoms. The van der Waals surface area contributed by atoms with E-state index in [2.05, 4.69) is 6.92 Å². The Kier molecular flexibility index (Phi) is 5.78. The number of nitrogens with zero attached hydrogens (tertiary/aromatic N) is 1. The Hall–Kier alpha value is -1.84. The van der Waals surface area contributed by atoms with Crippen LogP contribution >= 0.6 is 0 Å². The molecular formula is C17H23NO3. The third-order valence-corrected chi connectivity index (χ3v) is 3.79. The number of carbonyl (C=O) groups excluding carboxylic acids is 2. The van der Waals surface area contributed by atoms with Crippen molar-refractivity contribution in [3.05, 3.63) is 35.9 Å². The van der Waals surface area contributed by atoms with Crippen LogP contribution in [0.25, 0.3) is 0 Å². The monoisotopic (exact) mass is 289 g/mol. The fraction of sp³-hybridized carbons (Fsp3) is 0.529. The summed E-state index contributed by atoms with van der Waals surface area (Å²) in [6.45, 7) is 2.43. The fourth-order valence-corrected chi connectivity index (χ4v) is 2.63. The van der Waals surface area contributed by atoms with E-state index in [0.717, 1.165) is 31.2 Å². The molecule has 0 unspecified atom stereocenters. The molecule has 1 heterocycles. The van der Waals surface area contributed by atoms with Gasteiger partial charge in [0.1, 0.15) is 6.61 Å². The van der Waals surface area contributed by atoms with Gasteiger partial charge >= 0.3 is 6.09 Å². The van der Waals surface area contributed by atoms with Crippen molar-refractivity contribution in [1.82, 2.24) is 4.90 Å². The SMILES string of the molecule is CCCCCCC(=O)N1C(=O)OC[C@@H]1Cc1ccccc1. The summed E-state index contributed by atoms with van der Waals surface area (Å²) in [5, 5.41) is 0. The van der Waals surface area contributed by atoms with Gasteiger partial charge in [-0.05, 0) is 18.4 Å². The van der Waals surface area contributed by atoms with Crippen molar-refractivity contribution >= 4 is 12.0 Å². The summed E-state index contributed by atoms with van der Waals surface area (Å²) in [4.78, 5) is 25.4. The number of unbranched alkanes of at least 4 members (excludes halogenated alkanes) is 3. The minimum atomic E-state index is -0.489. The van der Waals surface area contributed by atoms with Crippen LogP contribution < -0.4 is 0 Å². The molecule has 2 amide bonds. The number of cyclic esters (lactones) is 1. The lowest BCUT2D eigenvalue weighted by molar-refractivity contribution is -0.129. The molecule has 0 spiro atoms. The van der Waals surface area contributed by atoms with Crippen LogP contribution in [0.5, 0.6) is 0 Å². The molecule has 1 aliphatic heterocycles. The molecule has 1 atom stereocenters. The van der Waals surface area contributed by atoms with E-state index >= 15 is 0 Å². The molecule has 1 aromatic carbocycles. The van der Waals surface area contributed by atoms with E-state index in [1.165, 1.54) is 4.90 Å². The van der Waals surface area contributed by atoms with E-state index in [0.29, 0.717) is 19.4 Å². The van der Waals surface area contributed by atoms with E-state index in [4.69, 9.17) is 4.74 Å². The molecule has 0 aromatic heterocycles. The van der Waals surface area contributed by atoms with Crippen molar-refractivity contribution in [2.75, 3.05) is 6.61 Å². The number of imide groups is 1. The standard InChI is InChI=1S/C17H23NO3/c1-2-3-4-8-11-16(19)18-15(13-21-17(18)20)12-14-9-6-5-7-10-14/h5-7,9-10,15H,2-4,8,11-13H2,1H3/t15-/m0/s1. The van der Waals surface area contributed by atoms with Gasteiger partial charge in [-0.1, -0.05) is 56.5 Å². The maximum Gasteiger partial charge on any atom is 0.416 e. The van der Waals surface area contributed by atoms with Gasteiger partial charge in [0.15, 0.2) is 0 Å². The molecule has 114 valence electrons. The highest BCUT2D eigenvalue weighted by Crippen LogP contribution is 2.19. The molecular weight excluding hydrogens is 266 g/mol. The maximum atomic E-state index is 12.2. The van der Waals surface area contributed by atoms with Gasteiger partial charge in [0.25, 0.3) is 0 Å². The topological polar surface area (TPSA) is 46.6 Å². The van der Waals surface area contributed by atoms with Crippen molar-refractivity contribution in [3.8, 4) is 0 Å². The van der Waals surface area contributed by atoms with E-state index in [1.54, 1.807) is 0 Å². The lowest BCUT2D eigenvalue weighted by Crippen LogP contribution is -2.40. The Morgan fingerprint density at radius 2 is 2.00 bits per heavy atom. The molecule has 1 fully saturated rings. The zero-order valence-corrected chi connectivity index (χ0v) is 12.6. The molecule has 0 saturated carbocycles. The lowest BCUT2D eigenvalue weighted by atomic mass is 10.1. The Balaban J connectivity index is 1.92. The van der Waals surface area contributed by atoms with Crippen LogP contribution in [0.3, 0.4) is 0 Å². The quantitative estimate of drug-likeness (QED) is 0.721. The molecule has 2 rings (SSSR count). The van der Waals surface area contributed by atoms with Gasteiger partial charge in [-0.25, -0.2) is 9.69 Å². The second-order valence-electron chi connectivity index (χ2n) is 5.49. The van der Waals surface area contributed by atoms with Gasteiger partial charge in [-0.2, -0.15) is 0 Å². The average molecular weight is 289 g/mol. The zero-order chi connectivity index (χ0) is 15.1. The fourth-order valence-electron chi connectivity index (χ4n) is 2.63. The lowest BCUT2D eigenvalue weighted by Gasteiger charge is -2.19. The second kappa shape index (κ2) is 7.81. The molecule has 21 heavy (non-hydrogen) atoms. The first-order chi connectivity index (χ1) is 10.2. The minimum Gasteiger partial charge on any atom is -0.447 e. The summed E-state index contributed by atoms with van der Waals surface area (Å²) in [5.74, 6) is -0.102. The first kappa shape index (κ1) is 15.5. The Bertz CT molecular complexity index is 472. The van der Waals surface area contributed by atoms with E-state index in [1.807, 2.05) is 30.3 Å². The van der Waals surface area contributed by atoms with E-state index < -0.39 is 6.09 Å². The van der Waals surface area contributed by atoms with Gasteiger partial charge in [-0.15, -0.1) is 0 Å². The van der Waals surface area contributed by atoms with Crippen LogP contribution in [-0.2, 0) is 16.0 Å². The first-order valence-electron chi connectivity index (χ1n) is 7.75. The Morgan fingerprint density at radius 3 is 2.71 bits per heavy atom. The highest BCUT2D eigenvalue weighted by Gasteiger charge is 2.37. The number of hydrogen-bond donors (Lipinski definition) is 0. The van der Waals surface area contributed by atoms with E-state index in [-0.39, 0.29) is 11.9 Å². The number of hydrogen-bond acceptors (Lipinski definition) is 3. The van der Waals surface area contributed by atoms with Crippen molar-refractivity contribution in [1.29, 1.82) is 0 Å². The van der Waals surface area contributed by atoms with Crippen LogP contribution in [0.1, 0.15) is 44.6 Å². The smallest absolute Gasteiger partial charge is 0.416 e. The van der Waals surface area contributed by atoms with Crippen LogP contribution in [0.4, 0.5) is 4.79 Å². The van der Waals surface area contributed by atoms with Crippen molar-refractivity contribution in [2.24, 2.45) is 0 Å². The highest BCUT2D eigenvalue weighted by molar-refractivity contribution is 5.93. The van der Waals surface area contributed by atoms with Crippen LogP contribution in [0.15, 0.2) is 30.3 Å². The summed E-state index contributed by atoms with van der Waals surface area (Å²) < 4.78 is 5.07. The maximum absolute atomic E-state index is 12.2. The summed E-state index contributed by atoms with van der Waals surface area (Å²) in [6.07, 6.45) is 4.75. The summed E-state index contributed by atoms with van der Waals surface area (Å²) in [5.41, 5.74) is 1.12. The second-order valence-corrected chi connectivity index (χ2v) is 5.49. The zero-order valence-electron chi connectivity index (χ0n) is 12.6. The first-order valence-corrected chi connectivity index (χ1v) is 7.75. The predicted octanol–water partition coefficient (Wildman–Crippen LogP) is 3.55. The van der Waals surface area contributed by atoms with Crippen LogP contribution in [0.2, 0.25) is 0 Å². The summed E-state index contributed by atoms with van der Waals surface area (Å²) in [7, 11) is 0. The average Bonchev–Trinajstić information content (AvgIpc) is 2.85. The molecule has 0 N–H and O–H groups in total. The van der Waals surface area contributed by atoms with Gasteiger partial charge in [-0.3, -0.25) is 4.79 Å². The number of ether oxygens (including phenoxy) is 1. The van der Waals surface area contributed by atoms with Gasteiger partial charge in [0.2, 0.25) is 5.91 Å². The molecule has 0 radical (unpaired) electrons. The van der Waals surface area contributed by atoms with Crippen molar-refractivity contribution in [3.63, 3.8) is 0 Å². The number of rotatable bonds is 7. The van der Waals surface area contributed by atoms with Crippen molar-refractivity contribution < 1.29 is 14.3 Å². The molecule has 4 heteroatoms. The normalized spacial score (nSPS) is 17.9. The predicted molar refractivity (Wildman–Crippen MR) is 80.9 cm³/mol. The highest BCUT2D eigenvalue weighted by atomic mass is 16.6. The number of amides is 2. The van der Waals surface area contributed by atoms with Gasteiger partial charge < -0.3 is 4.74 Å². The third kappa shape index (κ3) is 4.31. The largest absolute Gasteiger partial charge is 0.447 e. The summed E-state index contributed by atoms with van der Waals surface area (Å²) in [6, 6.07) is 9.72. The Labute approximate surface area is 126 Å². The molecule has 1 aliphatic rings. The van der Waals surface area contributed by atoms with Crippen LogP contribution in [-0.4, -0.2) is 29.5 Å². The molecule has 0 aliphatic carbocycles. The summed E-state index contributed by atoms with van der Waals surface area (Å²) >= 11 is 0. The van der Waals surface area contributed by atoms with Gasteiger partial charge in [0.05, 0.1) is 6.04 Å². The Morgan fingerprint density at radius 1 is 1.24 bits per heavy atom.